The molecule has 2 heterocycles. The van der Waals surface area contributed by atoms with E-state index in [1.54, 1.807) is 0 Å². The van der Waals surface area contributed by atoms with Crippen LogP contribution in [0.25, 0.3) is 0 Å². The number of carbonyl (C=O) groups excluding carboxylic acids is 2. The molecule has 4 aromatic carbocycles. The van der Waals surface area contributed by atoms with E-state index < -0.39 is 35.3 Å². The third-order valence-corrected chi connectivity index (χ3v) is 8.22. The number of carbonyl (C=O) groups is 2. The van der Waals surface area contributed by atoms with Crippen LogP contribution < -0.4 is 0 Å². The van der Waals surface area contributed by atoms with Crippen molar-refractivity contribution in [1.82, 2.24) is 0 Å². The van der Waals surface area contributed by atoms with Crippen LogP contribution in [-0.4, -0.2) is 51.6 Å². The number of rotatable bonds is 12. The molecule has 0 aliphatic carbocycles. The van der Waals surface area contributed by atoms with Gasteiger partial charge in [0.25, 0.3) is 0 Å². The molecule has 0 atom stereocenters. The first-order chi connectivity index (χ1) is 23.1. The predicted molar refractivity (Wildman–Crippen MR) is 170 cm³/mol. The summed E-state index contributed by atoms with van der Waals surface area (Å²) in [4.78, 5) is 28.0. The molecule has 0 spiro atoms. The monoisotopic (exact) mass is 638 g/mol. The van der Waals surface area contributed by atoms with Crippen molar-refractivity contribution in [1.29, 1.82) is 0 Å². The van der Waals surface area contributed by atoms with E-state index in [0.29, 0.717) is 0 Å². The van der Waals surface area contributed by atoms with Gasteiger partial charge in [-0.05, 0) is 11.1 Å². The molecule has 0 N–H and O–H groups in total. The second-order valence-electron chi connectivity index (χ2n) is 11.9. The fourth-order valence-electron chi connectivity index (χ4n) is 5.42. The summed E-state index contributed by atoms with van der Waals surface area (Å²) in [5.74, 6) is -1.62. The quantitative estimate of drug-likeness (QED) is 0.138. The Morgan fingerprint density at radius 2 is 0.830 bits per heavy atom. The van der Waals surface area contributed by atoms with Crippen LogP contribution in [0.3, 0.4) is 0 Å². The number of esters is 2. The SMILES string of the molecule is O=C(OC(=O)C1(COCc2ccccc2)COC(c2ccccc2)OC1)C1(COCc2ccccc2)COC(c2ccccc2)OC1. The van der Waals surface area contributed by atoms with Gasteiger partial charge in [-0.3, -0.25) is 9.59 Å². The van der Waals surface area contributed by atoms with Crippen LogP contribution >= 0.6 is 0 Å². The largest absolute Gasteiger partial charge is 0.392 e. The Labute approximate surface area is 274 Å². The summed E-state index contributed by atoms with van der Waals surface area (Å²) in [5.41, 5.74) is 0.705. The van der Waals surface area contributed by atoms with Crippen LogP contribution in [-0.2, 0) is 56.0 Å². The summed E-state index contributed by atoms with van der Waals surface area (Å²) in [6.45, 7) is 0.0356. The number of hydrogen-bond acceptors (Lipinski definition) is 9. The molecule has 0 amide bonds. The second kappa shape index (κ2) is 15.6. The molecular formula is C38H38O9. The first kappa shape index (κ1) is 32.7. The lowest BCUT2D eigenvalue weighted by Gasteiger charge is -2.40. The molecule has 0 bridgehead atoms. The third kappa shape index (κ3) is 8.20. The highest BCUT2D eigenvalue weighted by Gasteiger charge is 2.51. The van der Waals surface area contributed by atoms with Crippen molar-refractivity contribution in [3.05, 3.63) is 144 Å². The smallest absolute Gasteiger partial charge is 0.326 e. The number of ether oxygens (including phenoxy) is 7. The van der Waals surface area contributed by atoms with Gasteiger partial charge < -0.3 is 33.2 Å². The zero-order valence-electron chi connectivity index (χ0n) is 26.0. The van der Waals surface area contributed by atoms with E-state index in [1.807, 2.05) is 121 Å². The first-order valence-corrected chi connectivity index (χ1v) is 15.6. The van der Waals surface area contributed by atoms with Gasteiger partial charge in [0, 0.05) is 11.1 Å². The Morgan fingerprint density at radius 1 is 0.511 bits per heavy atom. The lowest BCUT2D eigenvalue weighted by molar-refractivity contribution is -0.257. The third-order valence-electron chi connectivity index (χ3n) is 8.22. The van der Waals surface area contributed by atoms with Crippen molar-refractivity contribution < 1.29 is 42.7 Å². The highest BCUT2D eigenvalue weighted by molar-refractivity contribution is 5.92. The maximum Gasteiger partial charge on any atom is 0.326 e. The van der Waals surface area contributed by atoms with Crippen molar-refractivity contribution in [2.24, 2.45) is 10.8 Å². The molecule has 9 nitrogen and oxygen atoms in total. The first-order valence-electron chi connectivity index (χ1n) is 15.6. The maximum atomic E-state index is 14.0. The minimum absolute atomic E-state index is 0.0753. The van der Waals surface area contributed by atoms with Crippen molar-refractivity contribution in [3.63, 3.8) is 0 Å². The van der Waals surface area contributed by atoms with E-state index in [0.717, 1.165) is 22.3 Å². The molecule has 2 saturated heterocycles. The zero-order chi connectivity index (χ0) is 32.4. The van der Waals surface area contributed by atoms with E-state index in [2.05, 4.69) is 0 Å². The molecule has 0 radical (unpaired) electrons. The molecule has 0 aromatic heterocycles. The van der Waals surface area contributed by atoms with Gasteiger partial charge in [0.15, 0.2) is 12.6 Å². The van der Waals surface area contributed by atoms with Crippen molar-refractivity contribution in [2.45, 2.75) is 25.8 Å². The van der Waals surface area contributed by atoms with E-state index >= 15 is 0 Å². The summed E-state index contributed by atoms with van der Waals surface area (Å²) in [6.07, 6.45) is -1.34. The Kier molecular flexibility index (Phi) is 10.8. The normalized spacial score (nSPS) is 24.3. The summed E-state index contributed by atoms with van der Waals surface area (Å²) in [5, 5.41) is 0. The zero-order valence-corrected chi connectivity index (χ0v) is 26.0. The maximum absolute atomic E-state index is 14.0. The van der Waals surface area contributed by atoms with Gasteiger partial charge in [-0.2, -0.15) is 0 Å². The summed E-state index contributed by atoms with van der Waals surface area (Å²) < 4.78 is 41.9. The van der Waals surface area contributed by atoms with E-state index in [9.17, 15) is 9.59 Å². The van der Waals surface area contributed by atoms with Gasteiger partial charge in [-0.1, -0.05) is 121 Å². The fourth-order valence-corrected chi connectivity index (χ4v) is 5.42. The Morgan fingerprint density at radius 3 is 1.17 bits per heavy atom. The lowest BCUT2D eigenvalue weighted by Crippen LogP contribution is -2.54. The predicted octanol–water partition coefficient (Wildman–Crippen LogP) is 5.95. The van der Waals surface area contributed by atoms with Crippen molar-refractivity contribution in [2.75, 3.05) is 39.6 Å². The van der Waals surface area contributed by atoms with Crippen LogP contribution in [0.2, 0.25) is 0 Å². The molecular weight excluding hydrogens is 600 g/mol. The Bertz CT molecular complexity index is 1420. The van der Waals surface area contributed by atoms with Gasteiger partial charge in [0.05, 0.1) is 52.9 Å². The fraction of sp³-hybridized carbons (Fsp3) is 0.316. The van der Waals surface area contributed by atoms with E-state index in [4.69, 9.17) is 33.2 Å². The van der Waals surface area contributed by atoms with Crippen molar-refractivity contribution >= 4 is 11.9 Å². The van der Waals surface area contributed by atoms with Crippen LogP contribution in [0.4, 0.5) is 0 Å². The molecule has 0 saturated carbocycles. The summed E-state index contributed by atoms with van der Waals surface area (Å²) >= 11 is 0. The highest BCUT2D eigenvalue weighted by Crippen LogP contribution is 2.37. The Hall–Kier alpha value is -4.22. The minimum Gasteiger partial charge on any atom is -0.392 e. The van der Waals surface area contributed by atoms with Crippen LogP contribution in [0, 0.1) is 10.8 Å². The number of benzene rings is 4. The molecule has 9 heteroatoms. The Balaban J connectivity index is 1.17. The van der Waals surface area contributed by atoms with Crippen LogP contribution in [0.1, 0.15) is 34.8 Å². The van der Waals surface area contributed by atoms with Gasteiger partial charge in [0.2, 0.25) is 0 Å². The lowest BCUT2D eigenvalue weighted by atomic mass is 9.88. The van der Waals surface area contributed by atoms with E-state index in [1.165, 1.54) is 0 Å². The molecule has 6 rings (SSSR count). The van der Waals surface area contributed by atoms with E-state index in [-0.39, 0.29) is 52.9 Å². The second-order valence-corrected chi connectivity index (χ2v) is 11.9. The van der Waals surface area contributed by atoms with Gasteiger partial charge in [-0.15, -0.1) is 0 Å². The van der Waals surface area contributed by atoms with Crippen molar-refractivity contribution in [3.8, 4) is 0 Å². The van der Waals surface area contributed by atoms with Gasteiger partial charge in [0.1, 0.15) is 10.8 Å². The van der Waals surface area contributed by atoms with Crippen LogP contribution in [0.5, 0.6) is 0 Å². The molecule has 47 heavy (non-hydrogen) atoms. The average molecular weight is 639 g/mol. The highest BCUT2D eigenvalue weighted by atomic mass is 16.7. The minimum atomic E-state index is -1.40. The molecule has 2 aliphatic rings. The average Bonchev–Trinajstić information content (AvgIpc) is 3.14. The molecule has 2 fully saturated rings. The number of hydrogen-bond donors (Lipinski definition) is 0. The molecule has 4 aromatic rings. The summed E-state index contributed by atoms with van der Waals surface area (Å²) in [6, 6.07) is 38.1. The molecule has 244 valence electrons. The van der Waals surface area contributed by atoms with Crippen LogP contribution in [0.15, 0.2) is 121 Å². The topological polar surface area (TPSA) is 98.8 Å². The van der Waals surface area contributed by atoms with Gasteiger partial charge in [-0.25, -0.2) is 0 Å². The molecule has 0 unspecified atom stereocenters. The summed E-state index contributed by atoms with van der Waals surface area (Å²) in [7, 11) is 0. The standard InChI is InChI=1S/C38H38O9/c39-35(37(23-41-21-29-13-5-1-6-14-29)25-43-33(44-26-37)31-17-9-3-10-18-31)47-36(40)38(24-42-22-30-15-7-2-8-16-30)27-45-34(46-28-38)32-19-11-4-12-20-32/h1-20,33-34H,21-28H2. The van der Waals surface area contributed by atoms with Gasteiger partial charge >= 0.3 is 11.9 Å². The molecule has 2 aliphatic heterocycles.